The number of hydrogen-bond acceptors (Lipinski definition) is 6. The topological polar surface area (TPSA) is 103 Å². The Labute approximate surface area is 147 Å². The van der Waals surface area contributed by atoms with Crippen LogP contribution in [0.25, 0.3) is 0 Å². The van der Waals surface area contributed by atoms with E-state index >= 15 is 0 Å². The van der Waals surface area contributed by atoms with Crippen molar-refractivity contribution in [3.8, 4) is 0 Å². The highest BCUT2D eigenvalue weighted by Gasteiger charge is 2.20. The Morgan fingerprint density at radius 3 is 2.20 bits per heavy atom. The lowest BCUT2D eigenvalue weighted by atomic mass is 10.1. The molecule has 0 saturated heterocycles. The number of carbonyl (C=O) groups excluding carboxylic acids is 1. The lowest BCUT2D eigenvalue weighted by Crippen LogP contribution is -2.42. The second-order valence-electron chi connectivity index (χ2n) is 5.08. The summed E-state index contributed by atoms with van der Waals surface area (Å²) in [5.74, 6) is -1.12. The third-order valence-electron chi connectivity index (χ3n) is 3.14. The quantitative estimate of drug-likeness (QED) is 0.511. The SMILES string of the molecule is COCCOCCOCCOC(=O)N[C@@H](Cc1ccccc1)C(=O)O. The fraction of sp³-hybridized carbons (Fsp3) is 0.529. The number of hydrogen-bond donors (Lipinski definition) is 2. The molecule has 2 N–H and O–H groups in total. The predicted octanol–water partition coefficient (Wildman–Crippen LogP) is 1.09. The molecule has 25 heavy (non-hydrogen) atoms. The maximum absolute atomic E-state index is 11.7. The Kier molecular flexibility index (Phi) is 11.0. The van der Waals surface area contributed by atoms with Crippen LogP contribution < -0.4 is 5.32 Å². The minimum atomic E-state index is -1.12. The van der Waals surface area contributed by atoms with Gasteiger partial charge < -0.3 is 29.4 Å². The minimum Gasteiger partial charge on any atom is -0.480 e. The van der Waals surface area contributed by atoms with Crippen molar-refractivity contribution in [3.05, 3.63) is 35.9 Å². The number of carboxylic acid groups (broad SMARTS) is 1. The molecular weight excluding hydrogens is 330 g/mol. The van der Waals surface area contributed by atoms with Crippen LogP contribution in [0.15, 0.2) is 30.3 Å². The van der Waals surface area contributed by atoms with Crippen LogP contribution in [0.2, 0.25) is 0 Å². The van der Waals surface area contributed by atoms with Crippen LogP contribution in [0, 0.1) is 0 Å². The number of carbonyl (C=O) groups is 2. The number of methoxy groups -OCH3 is 1. The summed E-state index contributed by atoms with van der Waals surface area (Å²) in [4.78, 5) is 22.9. The molecule has 0 heterocycles. The summed E-state index contributed by atoms with van der Waals surface area (Å²) < 4.78 is 20.2. The standard InChI is InChI=1S/C17H25NO7/c1-22-7-8-23-9-10-24-11-12-25-17(21)18-15(16(19)20)13-14-5-3-2-4-6-14/h2-6,15H,7-13H2,1H3,(H,18,21)(H,19,20)/t15-/m0/s1. The van der Waals surface area contributed by atoms with E-state index in [-0.39, 0.29) is 19.6 Å². The maximum atomic E-state index is 11.7. The Balaban J connectivity index is 2.15. The molecule has 1 aromatic carbocycles. The second-order valence-corrected chi connectivity index (χ2v) is 5.08. The molecule has 0 aliphatic carbocycles. The van der Waals surface area contributed by atoms with Gasteiger partial charge in [0.1, 0.15) is 12.6 Å². The van der Waals surface area contributed by atoms with Gasteiger partial charge in [0.05, 0.1) is 33.0 Å². The molecular formula is C17H25NO7. The first-order valence-corrected chi connectivity index (χ1v) is 7.98. The van der Waals surface area contributed by atoms with E-state index in [4.69, 9.17) is 18.9 Å². The van der Waals surface area contributed by atoms with Crippen molar-refractivity contribution in [2.75, 3.05) is 46.8 Å². The van der Waals surface area contributed by atoms with Crippen molar-refractivity contribution in [1.29, 1.82) is 0 Å². The summed E-state index contributed by atoms with van der Waals surface area (Å²) >= 11 is 0. The van der Waals surface area contributed by atoms with Crippen LogP contribution in [0.3, 0.4) is 0 Å². The normalized spacial score (nSPS) is 11.7. The number of nitrogens with one attached hydrogen (secondary N) is 1. The van der Waals surface area contributed by atoms with Crippen molar-refractivity contribution in [1.82, 2.24) is 5.32 Å². The zero-order chi connectivity index (χ0) is 18.3. The van der Waals surface area contributed by atoms with Crippen molar-refractivity contribution in [2.45, 2.75) is 12.5 Å². The second kappa shape index (κ2) is 13.2. The fourth-order valence-corrected chi connectivity index (χ4v) is 1.89. The van der Waals surface area contributed by atoms with Gasteiger partial charge >= 0.3 is 12.1 Å². The molecule has 0 aromatic heterocycles. The van der Waals surface area contributed by atoms with Crippen LogP contribution >= 0.6 is 0 Å². The molecule has 8 heteroatoms. The molecule has 0 bridgehead atoms. The number of carboxylic acids is 1. The number of aliphatic carboxylic acids is 1. The Morgan fingerprint density at radius 1 is 1.00 bits per heavy atom. The van der Waals surface area contributed by atoms with Gasteiger partial charge in [-0.1, -0.05) is 30.3 Å². The lowest BCUT2D eigenvalue weighted by molar-refractivity contribution is -0.139. The van der Waals surface area contributed by atoms with Crippen molar-refractivity contribution >= 4 is 12.1 Å². The third kappa shape index (κ3) is 10.3. The van der Waals surface area contributed by atoms with Gasteiger partial charge in [-0.15, -0.1) is 0 Å². The lowest BCUT2D eigenvalue weighted by Gasteiger charge is -2.14. The Hall–Kier alpha value is -2.16. The molecule has 0 saturated carbocycles. The van der Waals surface area contributed by atoms with Crippen LogP contribution in [0.4, 0.5) is 4.79 Å². The van der Waals surface area contributed by atoms with Gasteiger partial charge in [-0.25, -0.2) is 9.59 Å². The number of rotatable bonds is 13. The van der Waals surface area contributed by atoms with E-state index in [2.05, 4.69) is 5.32 Å². The molecule has 0 radical (unpaired) electrons. The van der Waals surface area contributed by atoms with E-state index in [9.17, 15) is 14.7 Å². The van der Waals surface area contributed by atoms with Gasteiger partial charge in [-0.05, 0) is 5.56 Å². The first kappa shape index (κ1) is 20.9. The van der Waals surface area contributed by atoms with Crippen molar-refractivity contribution in [3.63, 3.8) is 0 Å². The Bertz CT molecular complexity index is 495. The van der Waals surface area contributed by atoms with Crippen LogP contribution in [0.5, 0.6) is 0 Å². The maximum Gasteiger partial charge on any atom is 0.407 e. The van der Waals surface area contributed by atoms with E-state index < -0.39 is 18.1 Å². The van der Waals surface area contributed by atoms with E-state index in [1.54, 1.807) is 19.2 Å². The molecule has 1 atom stereocenters. The number of benzene rings is 1. The largest absolute Gasteiger partial charge is 0.480 e. The summed E-state index contributed by atoms with van der Waals surface area (Å²) in [7, 11) is 1.59. The molecule has 8 nitrogen and oxygen atoms in total. The molecule has 0 spiro atoms. The van der Waals surface area contributed by atoms with Gasteiger partial charge in [0.15, 0.2) is 0 Å². The molecule has 0 unspecified atom stereocenters. The van der Waals surface area contributed by atoms with E-state index in [1.807, 2.05) is 18.2 Å². The zero-order valence-electron chi connectivity index (χ0n) is 14.3. The number of ether oxygens (including phenoxy) is 4. The minimum absolute atomic E-state index is 0.0293. The van der Waals surface area contributed by atoms with Gasteiger partial charge in [0.25, 0.3) is 0 Å². The van der Waals surface area contributed by atoms with Gasteiger partial charge in [0, 0.05) is 13.5 Å². The molecule has 0 aliphatic heterocycles. The summed E-state index contributed by atoms with van der Waals surface area (Å²) in [5, 5.41) is 11.5. The molecule has 1 amide bonds. The average Bonchev–Trinajstić information content (AvgIpc) is 2.60. The smallest absolute Gasteiger partial charge is 0.407 e. The fourth-order valence-electron chi connectivity index (χ4n) is 1.89. The molecule has 0 fully saturated rings. The third-order valence-corrected chi connectivity index (χ3v) is 3.14. The van der Waals surface area contributed by atoms with Crippen molar-refractivity contribution < 1.29 is 33.6 Å². The first-order chi connectivity index (χ1) is 12.1. The summed E-state index contributed by atoms with van der Waals surface area (Å²) in [5.41, 5.74) is 0.812. The van der Waals surface area contributed by atoms with Crippen LogP contribution in [0.1, 0.15) is 5.56 Å². The first-order valence-electron chi connectivity index (χ1n) is 7.98. The summed E-state index contributed by atoms with van der Waals surface area (Å²) in [6, 6.07) is 8.00. The number of amides is 1. The Morgan fingerprint density at radius 2 is 1.60 bits per heavy atom. The van der Waals surface area contributed by atoms with Gasteiger partial charge in [-0.3, -0.25) is 0 Å². The molecule has 0 aliphatic rings. The highest BCUT2D eigenvalue weighted by atomic mass is 16.6. The zero-order valence-corrected chi connectivity index (χ0v) is 14.3. The van der Waals surface area contributed by atoms with Gasteiger partial charge in [-0.2, -0.15) is 0 Å². The van der Waals surface area contributed by atoms with Crippen LogP contribution in [-0.4, -0.2) is 70.0 Å². The van der Waals surface area contributed by atoms with Crippen LogP contribution in [-0.2, 0) is 30.2 Å². The summed E-state index contributed by atoms with van der Waals surface area (Å²) in [6.45, 7) is 2.06. The molecule has 140 valence electrons. The van der Waals surface area contributed by atoms with Gasteiger partial charge in [0.2, 0.25) is 0 Å². The predicted molar refractivity (Wildman–Crippen MR) is 89.6 cm³/mol. The average molecular weight is 355 g/mol. The van der Waals surface area contributed by atoms with E-state index in [1.165, 1.54) is 0 Å². The highest BCUT2D eigenvalue weighted by molar-refractivity contribution is 5.80. The highest BCUT2D eigenvalue weighted by Crippen LogP contribution is 2.03. The molecule has 1 aromatic rings. The van der Waals surface area contributed by atoms with Crippen molar-refractivity contribution in [2.24, 2.45) is 0 Å². The van der Waals surface area contributed by atoms with E-state index in [0.29, 0.717) is 26.4 Å². The van der Waals surface area contributed by atoms with E-state index in [0.717, 1.165) is 5.56 Å². The summed E-state index contributed by atoms with van der Waals surface area (Å²) in [6.07, 6.45) is -0.607. The monoisotopic (exact) mass is 355 g/mol. The number of alkyl carbamates (subject to hydrolysis) is 1. The molecule has 1 rings (SSSR count).